The molecule has 218 valence electrons. The third-order valence-corrected chi connectivity index (χ3v) is 9.98. The first-order chi connectivity index (χ1) is 21.7. The standard InChI is InChI=1S/C43H34O2/c1-42(2,3)39-29(20-21-32-31-17-10-16-30(40(31)45-41(32)39)25-12-7-6-8-13-25)27-23-33-26-14-9-15-28(22-26)43(4,5)34-18-11-19-35-38(34)37(33)36(24-27)44-35/h6-24H,1-5H3. The number of hydrogen-bond acceptors (Lipinski definition) is 2. The summed E-state index contributed by atoms with van der Waals surface area (Å²) >= 11 is 0. The Morgan fingerprint density at radius 3 is 2.09 bits per heavy atom. The quantitative estimate of drug-likeness (QED) is 0.203. The molecule has 2 heterocycles. The molecule has 1 aliphatic carbocycles. The third kappa shape index (κ3) is 3.69. The van der Waals surface area contributed by atoms with Crippen LogP contribution in [0.3, 0.4) is 0 Å². The molecule has 6 aromatic carbocycles. The highest BCUT2D eigenvalue weighted by Gasteiger charge is 2.32. The van der Waals surface area contributed by atoms with E-state index in [0.717, 1.165) is 49.8 Å². The van der Waals surface area contributed by atoms with Gasteiger partial charge in [-0.25, -0.2) is 0 Å². The van der Waals surface area contributed by atoms with Gasteiger partial charge in [-0.1, -0.05) is 126 Å². The molecule has 0 saturated heterocycles. The van der Waals surface area contributed by atoms with Crippen LogP contribution in [0.25, 0.3) is 77.3 Å². The SMILES string of the molecule is CC(C)(C)c1c(-c2cc3c4c(c2)oc2cccc(c24)C(C)(C)c2cccc-3c2)ccc2c1oc1c(-c3ccccc3)cccc12. The van der Waals surface area contributed by atoms with Gasteiger partial charge in [0.25, 0.3) is 0 Å². The Hall–Kier alpha value is -5.08. The molecule has 0 N–H and O–H groups in total. The van der Waals surface area contributed by atoms with Gasteiger partial charge in [-0.05, 0) is 68.6 Å². The second-order valence-corrected chi connectivity index (χ2v) is 14.1. The van der Waals surface area contributed by atoms with Crippen molar-refractivity contribution in [3.63, 3.8) is 0 Å². The molecule has 8 aromatic rings. The lowest BCUT2D eigenvalue weighted by molar-refractivity contribution is 0.574. The highest BCUT2D eigenvalue weighted by Crippen LogP contribution is 2.50. The first-order valence-corrected chi connectivity index (χ1v) is 15.9. The fraction of sp³-hybridized carbons (Fsp3) is 0.163. The van der Waals surface area contributed by atoms with E-state index in [9.17, 15) is 0 Å². The Kier molecular flexibility index (Phi) is 5.26. The summed E-state index contributed by atoms with van der Waals surface area (Å²) in [5.74, 6) is 0. The zero-order valence-corrected chi connectivity index (χ0v) is 26.3. The van der Waals surface area contributed by atoms with E-state index in [2.05, 4.69) is 150 Å². The van der Waals surface area contributed by atoms with Gasteiger partial charge >= 0.3 is 0 Å². The van der Waals surface area contributed by atoms with E-state index in [4.69, 9.17) is 8.83 Å². The number of fused-ring (bicyclic) bond motifs is 6. The fourth-order valence-corrected chi connectivity index (χ4v) is 7.77. The van der Waals surface area contributed by atoms with E-state index in [0.29, 0.717) is 0 Å². The molecule has 0 radical (unpaired) electrons. The van der Waals surface area contributed by atoms with E-state index < -0.39 is 0 Å². The van der Waals surface area contributed by atoms with Crippen LogP contribution in [-0.2, 0) is 10.8 Å². The molecule has 0 unspecified atom stereocenters. The number of rotatable bonds is 2. The lowest BCUT2D eigenvalue weighted by atomic mass is 9.73. The van der Waals surface area contributed by atoms with Crippen LogP contribution in [0.1, 0.15) is 51.3 Å². The topological polar surface area (TPSA) is 26.3 Å². The lowest BCUT2D eigenvalue weighted by Gasteiger charge is -2.29. The van der Waals surface area contributed by atoms with Crippen molar-refractivity contribution in [1.29, 1.82) is 0 Å². The lowest BCUT2D eigenvalue weighted by Crippen LogP contribution is -2.20. The molecular weight excluding hydrogens is 548 g/mol. The van der Waals surface area contributed by atoms with Crippen LogP contribution >= 0.6 is 0 Å². The molecule has 2 nitrogen and oxygen atoms in total. The largest absolute Gasteiger partial charge is 0.456 e. The van der Waals surface area contributed by atoms with Crippen LogP contribution in [0.4, 0.5) is 0 Å². The molecule has 2 aromatic heterocycles. The van der Waals surface area contributed by atoms with Gasteiger partial charge in [0, 0.05) is 38.1 Å². The van der Waals surface area contributed by atoms with Crippen molar-refractivity contribution in [3.05, 3.63) is 132 Å². The highest BCUT2D eigenvalue weighted by molar-refractivity contribution is 6.16. The number of benzene rings is 6. The summed E-state index contributed by atoms with van der Waals surface area (Å²) in [7, 11) is 0. The second kappa shape index (κ2) is 8.99. The van der Waals surface area contributed by atoms with Gasteiger partial charge in [0.1, 0.15) is 22.3 Å². The zero-order valence-electron chi connectivity index (χ0n) is 26.3. The molecular formula is C43H34O2. The summed E-state index contributed by atoms with van der Waals surface area (Å²) in [5.41, 5.74) is 14.3. The summed E-state index contributed by atoms with van der Waals surface area (Å²) < 4.78 is 13.6. The van der Waals surface area contributed by atoms with E-state index >= 15 is 0 Å². The van der Waals surface area contributed by atoms with Crippen molar-refractivity contribution in [3.8, 4) is 33.4 Å². The van der Waals surface area contributed by atoms with Crippen molar-refractivity contribution < 1.29 is 8.83 Å². The third-order valence-electron chi connectivity index (χ3n) is 9.98. The summed E-state index contributed by atoms with van der Waals surface area (Å²) in [6.07, 6.45) is 0. The number of para-hydroxylation sites is 1. The summed E-state index contributed by atoms with van der Waals surface area (Å²) in [6, 6.07) is 41.7. The van der Waals surface area contributed by atoms with Gasteiger partial charge in [-0.3, -0.25) is 0 Å². The predicted molar refractivity (Wildman–Crippen MR) is 188 cm³/mol. The molecule has 2 heteroatoms. The van der Waals surface area contributed by atoms with Crippen LogP contribution in [0.2, 0.25) is 0 Å². The molecule has 1 aliphatic rings. The Labute approximate surface area is 262 Å². The van der Waals surface area contributed by atoms with Crippen molar-refractivity contribution in [1.82, 2.24) is 0 Å². The number of furan rings is 2. The van der Waals surface area contributed by atoms with E-state index in [1.807, 2.05) is 0 Å². The average molecular weight is 583 g/mol. The minimum Gasteiger partial charge on any atom is -0.456 e. The van der Waals surface area contributed by atoms with Crippen LogP contribution in [0.5, 0.6) is 0 Å². The van der Waals surface area contributed by atoms with Crippen molar-refractivity contribution >= 4 is 43.9 Å². The van der Waals surface area contributed by atoms with Gasteiger partial charge in [0.05, 0.1) is 0 Å². The number of hydrogen-bond donors (Lipinski definition) is 0. The van der Waals surface area contributed by atoms with Crippen molar-refractivity contribution in [2.24, 2.45) is 0 Å². The van der Waals surface area contributed by atoms with Crippen molar-refractivity contribution in [2.75, 3.05) is 0 Å². The molecule has 2 bridgehead atoms. The molecule has 9 rings (SSSR count). The van der Waals surface area contributed by atoms with Gasteiger partial charge < -0.3 is 8.83 Å². The molecule has 45 heavy (non-hydrogen) atoms. The Morgan fingerprint density at radius 2 is 1.27 bits per heavy atom. The summed E-state index contributed by atoms with van der Waals surface area (Å²) in [4.78, 5) is 0. The van der Waals surface area contributed by atoms with Gasteiger partial charge in [0.2, 0.25) is 0 Å². The van der Waals surface area contributed by atoms with Crippen LogP contribution in [0, 0.1) is 0 Å². The molecule has 0 aliphatic heterocycles. The first kappa shape index (κ1) is 26.3. The molecule has 0 amide bonds. The Morgan fingerprint density at radius 1 is 0.511 bits per heavy atom. The summed E-state index contributed by atoms with van der Waals surface area (Å²) in [5, 5.41) is 4.72. The molecule has 0 atom stereocenters. The molecule has 0 saturated carbocycles. The van der Waals surface area contributed by atoms with Gasteiger partial charge in [-0.2, -0.15) is 0 Å². The minimum absolute atomic E-state index is 0.146. The van der Waals surface area contributed by atoms with Crippen molar-refractivity contribution in [2.45, 2.75) is 45.4 Å². The average Bonchev–Trinajstić information content (AvgIpc) is 3.61. The Bertz CT molecular complexity index is 2480. The monoisotopic (exact) mass is 582 g/mol. The molecule has 0 fully saturated rings. The fourth-order valence-electron chi connectivity index (χ4n) is 7.77. The van der Waals surface area contributed by atoms with E-state index in [1.54, 1.807) is 0 Å². The second-order valence-electron chi connectivity index (χ2n) is 14.1. The molecule has 0 spiro atoms. The minimum atomic E-state index is -0.179. The van der Waals surface area contributed by atoms with Gasteiger partial charge in [-0.15, -0.1) is 0 Å². The van der Waals surface area contributed by atoms with Gasteiger partial charge in [0.15, 0.2) is 0 Å². The highest BCUT2D eigenvalue weighted by atomic mass is 16.3. The zero-order chi connectivity index (χ0) is 30.7. The maximum absolute atomic E-state index is 6.93. The predicted octanol–water partition coefficient (Wildman–Crippen LogP) is 12.4. The maximum atomic E-state index is 6.93. The van der Waals surface area contributed by atoms with Crippen LogP contribution in [0.15, 0.2) is 124 Å². The maximum Gasteiger partial charge on any atom is 0.143 e. The first-order valence-electron chi connectivity index (χ1n) is 15.9. The Balaban J connectivity index is 1.37. The smallest absolute Gasteiger partial charge is 0.143 e. The van der Waals surface area contributed by atoms with E-state index in [-0.39, 0.29) is 10.8 Å². The normalized spacial score (nSPS) is 14.1. The van der Waals surface area contributed by atoms with Crippen LogP contribution in [-0.4, -0.2) is 0 Å². The van der Waals surface area contributed by atoms with Crippen LogP contribution < -0.4 is 0 Å². The van der Waals surface area contributed by atoms with E-state index in [1.165, 1.54) is 44.2 Å². The summed E-state index contributed by atoms with van der Waals surface area (Å²) in [6.45, 7) is 11.5.